The third-order valence-electron chi connectivity index (χ3n) is 3.68. The summed E-state index contributed by atoms with van der Waals surface area (Å²) >= 11 is 0. The predicted molar refractivity (Wildman–Crippen MR) is 72.4 cm³/mol. The molecule has 0 fully saturated rings. The van der Waals surface area contributed by atoms with Crippen molar-refractivity contribution in [3.63, 3.8) is 0 Å². The SMILES string of the molecule is COCCC1C=CC=CC1(CCC(C)C)C(=O)O. The lowest BCUT2D eigenvalue weighted by atomic mass is 9.68. The maximum Gasteiger partial charge on any atom is 0.314 e. The Morgan fingerprint density at radius 1 is 1.44 bits per heavy atom. The van der Waals surface area contributed by atoms with Crippen molar-refractivity contribution in [3.8, 4) is 0 Å². The number of carbonyl (C=O) groups is 1. The van der Waals surface area contributed by atoms with Crippen LogP contribution in [0.15, 0.2) is 24.3 Å². The topological polar surface area (TPSA) is 46.5 Å². The van der Waals surface area contributed by atoms with Crippen LogP contribution in [0.2, 0.25) is 0 Å². The molecule has 0 aromatic heterocycles. The lowest BCUT2D eigenvalue weighted by Gasteiger charge is -2.35. The number of ether oxygens (including phenoxy) is 1. The van der Waals surface area contributed by atoms with Gasteiger partial charge in [-0.05, 0) is 31.1 Å². The molecule has 1 N–H and O–H groups in total. The Kier molecular flexibility index (Phi) is 5.60. The van der Waals surface area contributed by atoms with Crippen molar-refractivity contribution in [3.05, 3.63) is 24.3 Å². The first-order chi connectivity index (χ1) is 8.53. The summed E-state index contributed by atoms with van der Waals surface area (Å²) < 4.78 is 5.09. The molecule has 0 bridgehead atoms. The lowest BCUT2D eigenvalue weighted by molar-refractivity contribution is -0.149. The molecule has 0 saturated carbocycles. The first-order valence-corrected chi connectivity index (χ1v) is 6.61. The molecule has 2 unspecified atom stereocenters. The van der Waals surface area contributed by atoms with E-state index in [4.69, 9.17) is 4.74 Å². The van der Waals surface area contributed by atoms with Gasteiger partial charge in [-0.1, -0.05) is 38.2 Å². The molecule has 3 heteroatoms. The standard InChI is InChI=1S/C15H24O3/c1-12(2)7-10-15(14(16)17)9-5-4-6-13(15)8-11-18-3/h4-6,9,12-13H,7-8,10-11H2,1-3H3,(H,16,17). The van der Waals surface area contributed by atoms with Crippen LogP contribution in [0.5, 0.6) is 0 Å². The van der Waals surface area contributed by atoms with Crippen LogP contribution < -0.4 is 0 Å². The van der Waals surface area contributed by atoms with Crippen molar-refractivity contribution < 1.29 is 14.6 Å². The minimum absolute atomic E-state index is 0.0266. The third-order valence-corrected chi connectivity index (χ3v) is 3.68. The molecule has 102 valence electrons. The zero-order valence-corrected chi connectivity index (χ0v) is 11.6. The van der Waals surface area contributed by atoms with Gasteiger partial charge in [0.25, 0.3) is 0 Å². The van der Waals surface area contributed by atoms with Crippen molar-refractivity contribution in [2.24, 2.45) is 17.3 Å². The molecule has 0 saturated heterocycles. The summed E-state index contributed by atoms with van der Waals surface area (Å²) in [4.78, 5) is 11.7. The second kappa shape index (κ2) is 6.74. The fraction of sp³-hybridized carbons (Fsp3) is 0.667. The first-order valence-electron chi connectivity index (χ1n) is 6.61. The Balaban J connectivity index is 2.87. The molecule has 0 radical (unpaired) electrons. The van der Waals surface area contributed by atoms with Gasteiger partial charge >= 0.3 is 5.97 Å². The second-order valence-corrected chi connectivity index (χ2v) is 5.41. The van der Waals surface area contributed by atoms with E-state index in [0.29, 0.717) is 18.9 Å². The summed E-state index contributed by atoms with van der Waals surface area (Å²) in [6, 6.07) is 0. The smallest absolute Gasteiger partial charge is 0.314 e. The summed E-state index contributed by atoms with van der Waals surface area (Å²) in [5.74, 6) is -0.174. The number of carboxylic acid groups (broad SMARTS) is 1. The normalized spacial score (nSPS) is 26.8. The summed E-state index contributed by atoms with van der Waals surface area (Å²) in [5, 5.41) is 9.65. The predicted octanol–water partition coefficient (Wildman–Crippen LogP) is 3.27. The highest BCUT2D eigenvalue weighted by atomic mass is 16.5. The van der Waals surface area contributed by atoms with Crippen molar-refractivity contribution >= 4 is 5.97 Å². The van der Waals surface area contributed by atoms with Gasteiger partial charge in [0.15, 0.2) is 0 Å². The highest BCUT2D eigenvalue weighted by Crippen LogP contribution is 2.41. The average molecular weight is 252 g/mol. The molecule has 18 heavy (non-hydrogen) atoms. The van der Waals surface area contributed by atoms with E-state index < -0.39 is 11.4 Å². The molecular weight excluding hydrogens is 228 g/mol. The molecule has 0 aliphatic heterocycles. The monoisotopic (exact) mass is 252 g/mol. The molecule has 1 aliphatic carbocycles. The van der Waals surface area contributed by atoms with Crippen molar-refractivity contribution in [2.45, 2.75) is 33.1 Å². The number of aliphatic carboxylic acids is 1. The van der Waals surface area contributed by atoms with Gasteiger partial charge < -0.3 is 9.84 Å². The molecule has 1 aliphatic rings. The third kappa shape index (κ3) is 3.45. The minimum atomic E-state index is -0.752. The average Bonchev–Trinajstić information content (AvgIpc) is 2.34. The van der Waals surface area contributed by atoms with Gasteiger partial charge in [-0.3, -0.25) is 4.79 Å². The maximum atomic E-state index is 11.7. The lowest BCUT2D eigenvalue weighted by Crippen LogP contribution is -2.38. The number of hydrogen-bond acceptors (Lipinski definition) is 2. The fourth-order valence-corrected chi connectivity index (χ4v) is 2.45. The van der Waals surface area contributed by atoms with Crippen LogP contribution in [0.4, 0.5) is 0 Å². The van der Waals surface area contributed by atoms with Crippen LogP contribution in [0.1, 0.15) is 33.1 Å². The molecule has 0 spiro atoms. The maximum absolute atomic E-state index is 11.7. The van der Waals surface area contributed by atoms with E-state index in [-0.39, 0.29) is 5.92 Å². The van der Waals surface area contributed by atoms with Gasteiger partial charge in [-0.15, -0.1) is 0 Å². The van der Waals surface area contributed by atoms with Crippen molar-refractivity contribution in [1.82, 2.24) is 0 Å². The molecular formula is C15H24O3. The van der Waals surface area contributed by atoms with Crippen LogP contribution in [0, 0.1) is 17.3 Å². The van der Waals surface area contributed by atoms with E-state index in [2.05, 4.69) is 13.8 Å². The molecule has 1 rings (SSSR count). The first kappa shape index (κ1) is 15.0. The van der Waals surface area contributed by atoms with Crippen LogP contribution in [-0.4, -0.2) is 24.8 Å². The molecule has 2 atom stereocenters. The number of allylic oxidation sites excluding steroid dienone is 3. The summed E-state index contributed by atoms with van der Waals surface area (Å²) in [5.41, 5.74) is -0.752. The van der Waals surface area contributed by atoms with Crippen molar-refractivity contribution in [1.29, 1.82) is 0 Å². The largest absolute Gasteiger partial charge is 0.481 e. The molecule has 0 aromatic rings. The Bertz CT molecular complexity index is 331. The molecule has 3 nitrogen and oxygen atoms in total. The fourth-order valence-electron chi connectivity index (χ4n) is 2.45. The highest BCUT2D eigenvalue weighted by Gasteiger charge is 2.42. The van der Waals surface area contributed by atoms with E-state index in [0.717, 1.165) is 12.8 Å². The van der Waals surface area contributed by atoms with Crippen LogP contribution in [0.3, 0.4) is 0 Å². The Labute approximate surface area is 110 Å². The Morgan fingerprint density at radius 3 is 2.72 bits per heavy atom. The number of hydrogen-bond donors (Lipinski definition) is 1. The second-order valence-electron chi connectivity index (χ2n) is 5.41. The van der Waals surface area contributed by atoms with Crippen LogP contribution in [-0.2, 0) is 9.53 Å². The highest BCUT2D eigenvalue weighted by molar-refractivity contribution is 5.78. The van der Waals surface area contributed by atoms with Crippen LogP contribution >= 0.6 is 0 Å². The molecule has 0 amide bonds. The van der Waals surface area contributed by atoms with Gasteiger partial charge in [0.1, 0.15) is 0 Å². The summed E-state index contributed by atoms with van der Waals surface area (Å²) in [6.45, 7) is 4.85. The zero-order valence-electron chi connectivity index (χ0n) is 11.6. The van der Waals surface area contributed by atoms with Crippen LogP contribution in [0.25, 0.3) is 0 Å². The van der Waals surface area contributed by atoms with Gasteiger partial charge in [-0.25, -0.2) is 0 Å². The van der Waals surface area contributed by atoms with Crippen molar-refractivity contribution in [2.75, 3.05) is 13.7 Å². The summed E-state index contributed by atoms with van der Waals surface area (Å²) in [6.07, 6.45) is 10.0. The minimum Gasteiger partial charge on any atom is -0.481 e. The van der Waals surface area contributed by atoms with Gasteiger partial charge in [0.2, 0.25) is 0 Å². The van der Waals surface area contributed by atoms with E-state index in [1.807, 2.05) is 24.3 Å². The van der Waals surface area contributed by atoms with Gasteiger partial charge in [0, 0.05) is 13.7 Å². The van der Waals surface area contributed by atoms with E-state index in [9.17, 15) is 9.90 Å². The number of methoxy groups -OCH3 is 1. The number of rotatable bonds is 7. The zero-order chi connectivity index (χ0) is 13.6. The quantitative estimate of drug-likeness (QED) is 0.756. The summed E-state index contributed by atoms with van der Waals surface area (Å²) in [7, 11) is 1.65. The van der Waals surface area contributed by atoms with Gasteiger partial charge in [-0.2, -0.15) is 0 Å². The molecule has 0 aromatic carbocycles. The van der Waals surface area contributed by atoms with E-state index >= 15 is 0 Å². The van der Waals surface area contributed by atoms with Gasteiger partial charge in [0.05, 0.1) is 5.41 Å². The Morgan fingerprint density at radius 2 is 2.17 bits per heavy atom. The Hall–Kier alpha value is -1.09. The molecule has 0 heterocycles. The van der Waals surface area contributed by atoms with E-state index in [1.54, 1.807) is 7.11 Å². The number of carboxylic acids is 1. The van der Waals surface area contributed by atoms with E-state index in [1.165, 1.54) is 0 Å².